The zero-order valence-electron chi connectivity index (χ0n) is 14.5. The average molecular weight is 377 g/mol. The number of halogens is 1. The van der Waals surface area contributed by atoms with Gasteiger partial charge in [0.2, 0.25) is 23.5 Å². The molecule has 2 aromatic rings. The molecule has 1 aromatic heterocycles. The number of anilines is 1. The summed E-state index contributed by atoms with van der Waals surface area (Å²) in [5.74, 6) is -1.73. The zero-order chi connectivity index (χ0) is 19.7. The Balaban J connectivity index is 1.70. The fourth-order valence-corrected chi connectivity index (χ4v) is 2.82. The number of nitro groups is 1. The molecule has 10 nitrogen and oxygen atoms in total. The van der Waals surface area contributed by atoms with Gasteiger partial charge in [0.15, 0.2) is 5.82 Å². The number of benzene rings is 1. The van der Waals surface area contributed by atoms with Crippen LogP contribution >= 0.6 is 0 Å². The molecular weight excluding hydrogens is 361 g/mol. The van der Waals surface area contributed by atoms with E-state index in [2.05, 4.69) is 15.5 Å². The highest BCUT2D eigenvalue weighted by Crippen LogP contribution is 2.30. The molecule has 1 N–H and O–H groups in total. The Bertz CT molecular complexity index is 914. The van der Waals surface area contributed by atoms with Gasteiger partial charge in [-0.3, -0.25) is 19.7 Å². The number of hydrogen-bond donors (Lipinski definition) is 1. The van der Waals surface area contributed by atoms with Crippen LogP contribution in [0.1, 0.15) is 31.1 Å². The number of nitro benzene ring substituents is 1. The first-order valence-electron chi connectivity index (χ1n) is 8.11. The van der Waals surface area contributed by atoms with Crippen LogP contribution in [0.4, 0.5) is 15.8 Å². The monoisotopic (exact) mass is 377 g/mol. The van der Waals surface area contributed by atoms with Crippen LogP contribution in [0.3, 0.4) is 0 Å². The Morgan fingerprint density at radius 1 is 1.52 bits per heavy atom. The highest BCUT2D eigenvalue weighted by atomic mass is 19.1. The second-order valence-electron chi connectivity index (χ2n) is 6.21. The number of hydrogen-bond acceptors (Lipinski definition) is 7. The van der Waals surface area contributed by atoms with Gasteiger partial charge in [0.05, 0.1) is 16.5 Å². The Kier molecular flexibility index (Phi) is 4.84. The molecule has 2 unspecified atom stereocenters. The Labute approximate surface area is 152 Å². The van der Waals surface area contributed by atoms with Gasteiger partial charge in [0.25, 0.3) is 0 Å². The number of aromatic nitrogens is 2. The van der Waals surface area contributed by atoms with Crippen LogP contribution in [0.25, 0.3) is 0 Å². The third-order valence-electron chi connectivity index (χ3n) is 4.21. The average Bonchev–Trinajstić information content (AvgIpc) is 3.21. The molecule has 27 heavy (non-hydrogen) atoms. The number of carbonyl (C=O) groups is 2. The fraction of sp³-hybridized carbons (Fsp3) is 0.375. The van der Waals surface area contributed by atoms with E-state index in [9.17, 15) is 24.1 Å². The molecule has 2 atom stereocenters. The summed E-state index contributed by atoms with van der Waals surface area (Å²) in [5.41, 5.74) is -0.558. The van der Waals surface area contributed by atoms with Crippen LogP contribution in [0.15, 0.2) is 22.7 Å². The molecule has 2 heterocycles. The van der Waals surface area contributed by atoms with Crippen molar-refractivity contribution in [1.29, 1.82) is 0 Å². The van der Waals surface area contributed by atoms with Gasteiger partial charge in [-0.1, -0.05) is 5.16 Å². The summed E-state index contributed by atoms with van der Waals surface area (Å²) in [7, 11) is 0. The van der Waals surface area contributed by atoms with E-state index in [1.54, 1.807) is 13.8 Å². The molecule has 1 fully saturated rings. The molecular formula is C16H16FN5O5. The first-order chi connectivity index (χ1) is 12.8. The largest absolute Gasteiger partial charge is 0.344 e. The van der Waals surface area contributed by atoms with Crippen LogP contribution in [0.5, 0.6) is 0 Å². The second-order valence-corrected chi connectivity index (χ2v) is 6.21. The summed E-state index contributed by atoms with van der Waals surface area (Å²) in [6, 6.07) is 2.64. The quantitative estimate of drug-likeness (QED) is 0.619. The Hall–Kier alpha value is -3.37. The van der Waals surface area contributed by atoms with Crippen molar-refractivity contribution >= 4 is 23.2 Å². The van der Waals surface area contributed by atoms with Crippen LogP contribution in [-0.4, -0.2) is 33.4 Å². The van der Waals surface area contributed by atoms with E-state index in [4.69, 9.17) is 4.52 Å². The van der Waals surface area contributed by atoms with Crippen molar-refractivity contribution < 1.29 is 23.4 Å². The molecule has 1 saturated heterocycles. The summed E-state index contributed by atoms with van der Waals surface area (Å²) < 4.78 is 18.5. The van der Waals surface area contributed by atoms with Crippen LogP contribution in [0.2, 0.25) is 0 Å². The standard InChI is InChI=1S/C16H16FN5O5/c1-8(16-19-9(2)20-27-16)18-15(24)10-5-14(23)21(7-10)11-3-4-12(17)13(6-11)22(25)26/h3-4,6,8,10H,5,7H2,1-2H3,(H,18,24). The van der Waals surface area contributed by atoms with Gasteiger partial charge in [0.1, 0.15) is 6.04 Å². The lowest BCUT2D eigenvalue weighted by Crippen LogP contribution is -2.34. The van der Waals surface area contributed by atoms with E-state index in [-0.39, 0.29) is 36.4 Å². The van der Waals surface area contributed by atoms with Crippen LogP contribution in [-0.2, 0) is 9.59 Å². The molecule has 0 aliphatic carbocycles. The summed E-state index contributed by atoms with van der Waals surface area (Å²) in [6.07, 6.45) is -0.0629. The third kappa shape index (κ3) is 3.76. The number of aryl methyl sites for hydroxylation is 1. The maximum Gasteiger partial charge on any atom is 0.306 e. The van der Waals surface area contributed by atoms with E-state index in [1.807, 2.05) is 0 Å². The first kappa shape index (κ1) is 18.4. The normalized spacial score (nSPS) is 17.8. The van der Waals surface area contributed by atoms with Crippen molar-refractivity contribution in [3.05, 3.63) is 45.8 Å². The van der Waals surface area contributed by atoms with Crippen molar-refractivity contribution in [3.63, 3.8) is 0 Å². The molecule has 1 aromatic carbocycles. The minimum Gasteiger partial charge on any atom is -0.344 e. The van der Waals surface area contributed by atoms with Crippen molar-refractivity contribution in [3.8, 4) is 0 Å². The molecule has 0 spiro atoms. The number of carbonyl (C=O) groups excluding carboxylic acids is 2. The minimum absolute atomic E-state index is 0.0308. The minimum atomic E-state index is -0.992. The molecule has 3 rings (SSSR count). The number of amides is 2. The van der Waals surface area contributed by atoms with E-state index >= 15 is 0 Å². The highest BCUT2D eigenvalue weighted by molar-refractivity contribution is 6.00. The maximum atomic E-state index is 13.5. The van der Waals surface area contributed by atoms with E-state index in [1.165, 1.54) is 11.0 Å². The van der Waals surface area contributed by atoms with E-state index in [0.29, 0.717) is 5.82 Å². The Morgan fingerprint density at radius 3 is 2.89 bits per heavy atom. The summed E-state index contributed by atoms with van der Waals surface area (Å²) in [4.78, 5) is 40.0. The lowest BCUT2D eigenvalue weighted by atomic mass is 10.1. The van der Waals surface area contributed by atoms with E-state index in [0.717, 1.165) is 12.1 Å². The smallest absolute Gasteiger partial charge is 0.306 e. The third-order valence-corrected chi connectivity index (χ3v) is 4.21. The molecule has 2 amide bonds. The summed E-state index contributed by atoms with van der Waals surface area (Å²) in [5, 5.41) is 17.2. The van der Waals surface area contributed by atoms with Crippen molar-refractivity contribution in [1.82, 2.24) is 15.5 Å². The Morgan fingerprint density at radius 2 is 2.26 bits per heavy atom. The molecule has 142 valence electrons. The zero-order valence-corrected chi connectivity index (χ0v) is 14.5. The highest BCUT2D eigenvalue weighted by Gasteiger charge is 2.36. The van der Waals surface area contributed by atoms with Crippen LogP contribution in [0, 0.1) is 28.8 Å². The van der Waals surface area contributed by atoms with Gasteiger partial charge >= 0.3 is 5.69 Å². The van der Waals surface area contributed by atoms with Gasteiger partial charge in [0, 0.05) is 19.0 Å². The molecule has 0 bridgehead atoms. The lowest BCUT2D eigenvalue weighted by molar-refractivity contribution is -0.387. The lowest BCUT2D eigenvalue weighted by Gasteiger charge is -2.17. The SMILES string of the molecule is Cc1noc(C(C)NC(=O)C2CC(=O)N(c3ccc(F)c([N+](=O)[O-])c3)C2)n1. The van der Waals surface area contributed by atoms with Crippen molar-refractivity contribution in [2.45, 2.75) is 26.3 Å². The fourth-order valence-electron chi connectivity index (χ4n) is 2.82. The van der Waals surface area contributed by atoms with Crippen molar-refractivity contribution in [2.24, 2.45) is 5.92 Å². The number of rotatable bonds is 5. The predicted molar refractivity (Wildman–Crippen MR) is 89.1 cm³/mol. The van der Waals surface area contributed by atoms with Gasteiger partial charge in [-0.05, 0) is 26.0 Å². The van der Waals surface area contributed by atoms with Gasteiger partial charge in [-0.25, -0.2) is 0 Å². The van der Waals surface area contributed by atoms with E-state index < -0.39 is 28.4 Å². The number of nitrogens with zero attached hydrogens (tertiary/aromatic N) is 4. The molecule has 0 radical (unpaired) electrons. The predicted octanol–water partition coefficient (Wildman–Crippen LogP) is 1.66. The molecule has 1 aliphatic heterocycles. The van der Waals surface area contributed by atoms with Gasteiger partial charge in [-0.15, -0.1) is 0 Å². The maximum absolute atomic E-state index is 13.5. The topological polar surface area (TPSA) is 131 Å². The van der Waals surface area contributed by atoms with Gasteiger partial charge < -0.3 is 14.7 Å². The summed E-state index contributed by atoms with van der Waals surface area (Å²) >= 11 is 0. The van der Waals surface area contributed by atoms with Gasteiger partial charge in [-0.2, -0.15) is 9.37 Å². The first-order valence-corrected chi connectivity index (χ1v) is 8.11. The van der Waals surface area contributed by atoms with Crippen LogP contribution < -0.4 is 10.2 Å². The second kappa shape index (κ2) is 7.09. The molecule has 0 saturated carbocycles. The molecule has 11 heteroatoms. The number of nitrogens with one attached hydrogen (secondary N) is 1. The summed E-state index contributed by atoms with van der Waals surface area (Å²) in [6.45, 7) is 3.35. The molecule has 1 aliphatic rings. The van der Waals surface area contributed by atoms with Crippen molar-refractivity contribution in [2.75, 3.05) is 11.4 Å².